The van der Waals surface area contributed by atoms with E-state index in [-0.39, 0.29) is 10.0 Å². The van der Waals surface area contributed by atoms with E-state index in [0.717, 1.165) is 12.8 Å². The third-order valence-electron chi connectivity index (χ3n) is 3.18. The molecule has 2 atom stereocenters. The van der Waals surface area contributed by atoms with Crippen LogP contribution in [0, 0.1) is 11.6 Å². The summed E-state index contributed by atoms with van der Waals surface area (Å²) in [7, 11) is 0. The number of benzene rings is 1. The molecule has 1 fully saturated rings. The second-order valence-electron chi connectivity index (χ2n) is 4.22. The van der Waals surface area contributed by atoms with Crippen LogP contribution in [0.25, 0.3) is 0 Å². The van der Waals surface area contributed by atoms with Gasteiger partial charge >= 0.3 is 0 Å². The van der Waals surface area contributed by atoms with Gasteiger partial charge in [-0.15, -0.1) is 0 Å². The molecule has 4 heteroatoms. The Bertz CT molecular complexity index is 395. The van der Waals surface area contributed by atoms with Crippen molar-refractivity contribution in [3.05, 3.63) is 33.8 Å². The summed E-state index contributed by atoms with van der Waals surface area (Å²) in [6.45, 7) is 0. The van der Waals surface area contributed by atoms with E-state index in [2.05, 4.69) is 15.9 Å². The minimum absolute atomic E-state index is 0.0292. The van der Waals surface area contributed by atoms with Gasteiger partial charge in [0.25, 0.3) is 0 Å². The largest absolute Gasteiger partial charge is 0.392 e. The Hall–Kier alpha value is -0.480. The summed E-state index contributed by atoms with van der Waals surface area (Å²) >= 11 is 3.04. The smallest absolute Gasteiger partial charge is 0.143 e. The topological polar surface area (TPSA) is 20.2 Å². The molecule has 16 heavy (non-hydrogen) atoms. The average molecular weight is 291 g/mol. The van der Waals surface area contributed by atoms with Crippen LogP contribution in [0.2, 0.25) is 0 Å². The fraction of sp³-hybridized carbons (Fsp3) is 0.500. The van der Waals surface area contributed by atoms with Crippen molar-refractivity contribution in [1.29, 1.82) is 0 Å². The van der Waals surface area contributed by atoms with Crippen LogP contribution in [0.1, 0.15) is 37.2 Å². The van der Waals surface area contributed by atoms with Crippen molar-refractivity contribution in [3.63, 3.8) is 0 Å². The maximum absolute atomic E-state index is 13.8. The molecule has 0 saturated heterocycles. The van der Waals surface area contributed by atoms with Gasteiger partial charge in [-0.05, 0) is 40.9 Å². The first-order valence-electron chi connectivity index (χ1n) is 5.42. The maximum Gasteiger partial charge on any atom is 0.143 e. The molecule has 1 aromatic carbocycles. The summed E-state index contributed by atoms with van der Waals surface area (Å²) in [4.78, 5) is 0. The molecule has 0 radical (unpaired) electrons. The monoisotopic (exact) mass is 290 g/mol. The number of aliphatic hydroxyl groups is 1. The Balaban J connectivity index is 2.42. The van der Waals surface area contributed by atoms with E-state index >= 15 is 0 Å². The van der Waals surface area contributed by atoms with Crippen LogP contribution < -0.4 is 0 Å². The molecule has 88 valence electrons. The van der Waals surface area contributed by atoms with Gasteiger partial charge in [0.05, 0.1) is 10.6 Å². The summed E-state index contributed by atoms with van der Waals surface area (Å²) in [5, 5.41) is 9.81. The van der Waals surface area contributed by atoms with E-state index in [9.17, 15) is 13.9 Å². The van der Waals surface area contributed by atoms with Gasteiger partial charge in [0, 0.05) is 11.5 Å². The van der Waals surface area contributed by atoms with Crippen LogP contribution in [0.15, 0.2) is 16.6 Å². The Morgan fingerprint density at radius 2 is 1.88 bits per heavy atom. The lowest BCUT2D eigenvalue weighted by molar-refractivity contribution is 0.103. The van der Waals surface area contributed by atoms with Gasteiger partial charge in [0.15, 0.2) is 0 Å². The molecule has 0 heterocycles. The zero-order valence-electron chi connectivity index (χ0n) is 8.72. The molecule has 1 aromatic rings. The van der Waals surface area contributed by atoms with Gasteiger partial charge in [0.1, 0.15) is 11.6 Å². The standard InChI is InChI=1S/C12H13BrF2O/c13-8-5-6-9(14)11(12(8)15)7-3-1-2-4-10(7)16/h5-7,10,16H,1-4H2. The molecule has 1 saturated carbocycles. The van der Waals surface area contributed by atoms with Gasteiger partial charge in [-0.1, -0.05) is 12.8 Å². The average Bonchev–Trinajstić information content (AvgIpc) is 2.27. The normalized spacial score (nSPS) is 25.8. The van der Waals surface area contributed by atoms with Crippen molar-refractivity contribution >= 4 is 15.9 Å². The van der Waals surface area contributed by atoms with Crippen LogP contribution in [-0.2, 0) is 0 Å². The molecule has 0 bridgehead atoms. The first kappa shape index (κ1) is 12.0. The van der Waals surface area contributed by atoms with Crippen LogP contribution in [0.5, 0.6) is 0 Å². The molecule has 0 aromatic heterocycles. The predicted molar refractivity (Wildman–Crippen MR) is 61.3 cm³/mol. The zero-order valence-corrected chi connectivity index (χ0v) is 10.3. The lowest BCUT2D eigenvalue weighted by Gasteiger charge is -2.28. The first-order chi connectivity index (χ1) is 7.61. The summed E-state index contributed by atoms with van der Waals surface area (Å²) in [6, 6.07) is 2.59. The van der Waals surface area contributed by atoms with E-state index in [1.54, 1.807) is 0 Å². The van der Waals surface area contributed by atoms with Gasteiger partial charge in [-0.25, -0.2) is 8.78 Å². The lowest BCUT2D eigenvalue weighted by Crippen LogP contribution is -2.24. The number of aliphatic hydroxyl groups excluding tert-OH is 1. The predicted octanol–water partition coefficient (Wildman–Crippen LogP) is 3.75. The van der Waals surface area contributed by atoms with Gasteiger partial charge < -0.3 is 5.11 Å². The number of hydrogen-bond donors (Lipinski definition) is 1. The highest BCUT2D eigenvalue weighted by Gasteiger charge is 2.30. The van der Waals surface area contributed by atoms with E-state index in [1.165, 1.54) is 12.1 Å². The van der Waals surface area contributed by atoms with Crippen molar-refractivity contribution in [2.24, 2.45) is 0 Å². The molecule has 0 spiro atoms. The first-order valence-corrected chi connectivity index (χ1v) is 6.22. The minimum Gasteiger partial charge on any atom is -0.392 e. The second-order valence-corrected chi connectivity index (χ2v) is 5.07. The number of hydrogen-bond acceptors (Lipinski definition) is 1. The van der Waals surface area contributed by atoms with Crippen LogP contribution >= 0.6 is 15.9 Å². The Morgan fingerprint density at radius 3 is 2.56 bits per heavy atom. The Kier molecular flexibility index (Phi) is 3.60. The van der Waals surface area contributed by atoms with Gasteiger partial charge in [0.2, 0.25) is 0 Å². The summed E-state index contributed by atoms with van der Waals surface area (Å²) in [5.41, 5.74) is 0.0292. The lowest BCUT2D eigenvalue weighted by atomic mass is 9.81. The number of rotatable bonds is 1. The molecule has 2 rings (SSSR count). The van der Waals surface area contributed by atoms with Gasteiger partial charge in [-0.3, -0.25) is 0 Å². The SMILES string of the molecule is OC1CCCCC1c1c(F)ccc(Br)c1F. The molecule has 1 nitrogen and oxygen atoms in total. The maximum atomic E-state index is 13.8. The summed E-state index contributed by atoms with van der Waals surface area (Å²) in [5.74, 6) is -1.55. The van der Waals surface area contributed by atoms with Crippen molar-refractivity contribution < 1.29 is 13.9 Å². The second kappa shape index (κ2) is 4.80. The summed E-state index contributed by atoms with van der Waals surface area (Å²) in [6.07, 6.45) is 2.47. The van der Waals surface area contributed by atoms with Crippen molar-refractivity contribution in [1.82, 2.24) is 0 Å². The van der Waals surface area contributed by atoms with E-state index in [0.29, 0.717) is 12.8 Å². The molecular formula is C12H13BrF2O. The number of halogens is 3. The fourth-order valence-electron chi connectivity index (χ4n) is 2.33. The van der Waals surface area contributed by atoms with Crippen LogP contribution in [0.3, 0.4) is 0 Å². The molecule has 1 aliphatic carbocycles. The molecule has 1 aliphatic rings. The molecule has 0 aliphatic heterocycles. The summed E-state index contributed by atoms with van der Waals surface area (Å²) < 4.78 is 27.7. The highest BCUT2D eigenvalue weighted by molar-refractivity contribution is 9.10. The van der Waals surface area contributed by atoms with E-state index in [4.69, 9.17) is 0 Å². The third kappa shape index (κ3) is 2.13. The third-order valence-corrected chi connectivity index (χ3v) is 3.79. The molecule has 1 N–H and O–H groups in total. The Morgan fingerprint density at radius 1 is 1.19 bits per heavy atom. The van der Waals surface area contributed by atoms with E-state index < -0.39 is 23.7 Å². The quantitative estimate of drug-likeness (QED) is 0.781. The van der Waals surface area contributed by atoms with Crippen molar-refractivity contribution in [3.8, 4) is 0 Å². The minimum atomic E-state index is -0.632. The molecule has 0 amide bonds. The fourth-order valence-corrected chi connectivity index (χ4v) is 2.68. The van der Waals surface area contributed by atoms with Crippen LogP contribution in [-0.4, -0.2) is 11.2 Å². The molecular weight excluding hydrogens is 278 g/mol. The molecule has 2 unspecified atom stereocenters. The van der Waals surface area contributed by atoms with Crippen LogP contribution in [0.4, 0.5) is 8.78 Å². The van der Waals surface area contributed by atoms with Crippen molar-refractivity contribution in [2.45, 2.75) is 37.7 Å². The highest BCUT2D eigenvalue weighted by Crippen LogP contribution is 2.37. The zero-order chi connectivity index (χ0) is 11.7. The van der Waals surface area contributed by atoms with E-state index in [1.807, 2.05) is 0 Å². The van der Waals surface area contributed by atoms with Crippen molar-refractivity contribution in [2.75, 3.05) is 0 Å². The van der Waals surface area contributed by atoms with Gasteiger partial charge in [-0.2, -0.15) is 0 Å². The Labute approximate surface area is 102 Å². The highest BCUT2D eigenvalue weighted by atomic mass is 79.9.